The van der Waals surface area contributed by atoms with Gasteiger partial charge in [-0.05, 0) is 6.07 Å². The molecule has 0 amide bonds. The maximum absolute atomic E-state index is 8.65. The van der Waals surface area contributed by atoms with Gasteiger partial charge in [0.05, 0.1) is 17.5 Å². The number of methoxy groups -OCH3 is 1. The molecule has 2 heterocycles. The summed E-state index contributed by atoms with van der Waals surface area (Å²) < 4.78 is 6.97. The van der Waals surface area contributed by atoms with Crippen LogP contribution < -0.4 is 0 Å². The van der Waals surface area contributed by atoms with Gasteiger partial charge in [-0.15, -0.1) is 0 Å². The van der Waals surface area contributed by atoms with Crippen molar-refractivity contribution in [3.05, 3.63) is 23.1 Å². The minimum absolute atomic E-state index is 0.388. The van der Waals surface area contributed by atoms with Crippen molar-refractivity contribution in [3.8, 4) is 6.07 Å². The van der Waals surface area contributed by atoms with Crippen LogP contribution >= 0.6 is 11.6 Å². The summed E-state index contributed by atoms with van der Waals surface area (Å²) in [5, 5.41) is 9.19. The average molecular weight is 251 g/mol. The van der Waals surface area contributed by atoms with Gasteiger partial charge in [0.25, 0.3) is 0 Å². The lowest BCUT2D eigenvalue weighted by atomic mass is 10.4. The van der Waals surface area contributed by atoms with E-state index in [-0.39, 0.29) is 0 Å². The van der Waals surface area contributed by atoms with Gasteiger partial charge in [-0.3, -0.25) is 0 Å². The number of halogens is 1. The first-order valence-electron chi connectivity index (χ1n) is 5.13. The fourth-order valence-electron chi connectivity index (χ4n) is 1.67. The maximum atomic E-state index is 8.65. The van der Waals surface area contributed by atoms with Crippen molar-refractivity contribution in [3.63, 3.8) is 0 Å². The summed E-state index contributed by atoms with van der Waals surface area (Å²) in [6, 6.07) is 3.86. The molecule has 0 saturated carbocycles. The van der Waals surface area contributed by atoms with Crippen molar-refractivity contribution in [1.29, 1.82) is 5.26 Å². The van der Waals surface area contributed by atoms with E-state index in [2.05, 4.69) is 16.0 Å². The average Bonchev–Trinajstić information content (AvgIpc) is 2.63. The number of fused-ring (bicyclic) bond motifs is 1. The molecule has 17 heavy (non-hydrogen) atoms. The monoisotopic (exact) mass is 250 g/mol. The fourth-order valence-corrected chi connectivity index (χ4v) is 1.82. The summed E-state index contributed by atoms with van der Waals surface area (Å²) in [6.45, 7) is 0.944. The molecule has 0 fully saturated rings. The van der Waals surface area contributed by atoms with Crippen molar-refractivity contribution in [2.75, 3.05) is 7.11 Å². The topological polar surface area (TPSA) is 63.7 Å². The van der Waals surface area contributed by atoms with E-state index in [1.54, 1.807) is 19.4 Å². The summed E-state index contributed by atoms with van der Waals surface area (Å²) >= 11 is 5.87. The van der Waals surface area contributed by atoms with Crippen LogP contribution in [0.3, 0.4) is 0 Å². The van der Waals surface area contributed by atoms with Crippen LogP contribution in [-0.2, 0) is 17.9 Å². The molecule has 6 heteroatoms. The van der Waals surface area contributed by atoms with E-state index in [1.165, 1.54) is 0 Å². The van der Waals surface area contributed by atoms with E-state index in [0.717, 1.165) is 17.0 Å². The van der Waals surface area contributed by atoms with Crippen molar-refractivity contribution in [2.45, 2.75) is 19.6 Å². The molecule has 0 aliphatic carbocycles. The third-order valence-electron chi connectivity index (χ3n) is 2.35. The lowest BCUT2D eigenvalue weighted by Gasteiger charge is -2.04. The van der Waals surface area contributed by atoms with Crippen LogP contribution in [0.1, 0.15) is 12.2 Å². The molecule has 0 aliphatic rings. The molecule has 0 unspecified atom stereocenters. The van der Waals surface area contributed by atoms with Gasteiger partial charge in [-0.1, -0.05) is 11.6 Å². The number of nitrogens with zero attached hydrogens (tertiary/aromatic N) is 4. The van der Waals surface area contributed by atoms with Gasteiger partial charge in [-0.2, -0.15) is 5.26 Å². The highest BCUT2D eigenvalue weighted by molar-refractivity contribution is 6.31. The number of pyridine rings is 1. The van der Waals surface area contributed by atoms with Crippen molar-refractivity contribution in [2.24, 2.45) is 0 Å². The number of imidazole rings is 1. The normalized spacial score (nSPS) is 10.6. The molecule has 2 rings (SSSR count). The van der Waals surface area contributed by atoms with E-state index < -0.39 is 0 Å². The molecule has 0 atom stereocenters. The summed E-state index contributed by atoms with van der Waals surface area (Å²) in [7, 11) is 1.61. The first kappa shape index (κ1) is 11.8. The molecule has 2 aromatic heterocycles. The molecule has 88 valence electrons. The number of rotatable bonds is 4. The Morgan fingerprint density at radius 3 is 3.12 bits per heavy atom. The molecule has 0 N–H and O–H groups in total. The second-order valence-electron chi connectivity index (χ2n) is 3.52. The Hall–Kier alpha value is -1.64. The minimum atomic E-state index is 0.388. The molecule has 0 spiro atoms. The van der Waals surface area contributed by atoms with Crippen LogP contribution in [0.15, 0.2) is 12.3 Å². The maximum Gasteiger partial charge on any atom is 0.160 e. The van der Waals surface area contributed by atoms with Crippen molar-refractivity contribution in [1.82, 2.24) is 14.5 Å². The molecular weight excluding hydrogens is 240 g/mol. The van der Waals surface area contributed by atoms with Gasteiger partial charge in [-0.25, -0.2) is 9.97 Å². The molecule has 0 aromatic carbocycles. The summed E-state index contributed by atoms with van der Waals surface area (Å²) in [4.78, 5) is 8.64. The Kier molecular flexibility index (Phi) is 3.57. The number of nitriles is 1. The summed E-state index contributed by atoms with van der Waals surface area (Å²) in [6.07, 6.45) is 1.98. The predicted octanol–water partition coefficient (Wildman–Crippen LogP) is 2.14. The van der Waals surface area contributed by atoms with E-state index >= 15 is 0 Å². The second-order valence-corrected chi connectivity index (χ2v) is 3.95. The molecular formula is C11H11ClN4O. The van der Waals surface area contributed by atoms with Crippen LogP contribution in [-0.4, -0.2) is 21.6 Å². The Morgan fingerprint density at radius 2 is 2.41 bits per heavy atom. The Morgan fingerprint density at radius 1 is 1.59 bits per heavy atom. The number of ether oxygens (including phenoxy) is 1. The summed E-state index contributed by atoms with van der Waals surface area (Å²) in [5.41, 5.74) is 1.46. The summed E-state index contributed by atoms with van der Waals surface area (Å²) in [5.74, 6) is 0.757. The van der Waals surface area contributed by atoms with E-state index in [9.17, 15) is 0 Å². The highest BCUT2D eigenvalue weighted by Crippen LogP contribution is 2.18. The second kappa shape index (κ2) is 5.13. The van der Waals surface area contributed by atoms with Crippen LogP contribution in [0.2, 0.25) is 5.02 Å². The predicted molar refractivity (Wildman–Crippen MR) is 63.5 cm³/mol. The van der Waals surface area contributed by atoms with Crippen LogP contribution in [0.5, 0.6) is 0 Å². The third kappa shape index (κ3) is 2.38. The quantitative estimate of drug-likeness (QED) is 0.834. The molecule has 0 saturated heterocycles. The zero-order chi connectivity index (χ0) is 12.3. The van der Waals surface area contributed by atoms with Gasteiger partial charge in [0.2, 0.25) is 0 Å². The van der Waals surface area contributed by atoms with Gasteiger partial charge < -0.3 is 9.30 Å². The Bertz CT molecular complexity index is 573. The zero-order valence-corrected chi connectivity index (χ0v) is 10.1. The van der Waals surface area contributed by atoms with Gasteiger partial charge in [0, 0.05) is 19.9 Å². The first-order valence-corrected chi connectivity index (χ1v) is 5.50. The number of aromatic nitrogens is 3. The minimum Gasteiger partial charge on any atom is -0.377 e. The van der Waals surface area contributed by atoms with Crippen LogP contribution in [0, 0.1) is 11.3 Å². The lowest BCUT2D eigenvalue weighted by Crippen LogP contribution is -2.05. The highest BCUT2D eigenvalue weighted by Gasteiger charge is 2.11. The smallest absolute Gasteiger partial charge is 0.160 e. The molecule has 0 radical (unpaired) electrons. The number of aryl methyl sites for hydroxylation is 1. The van der Waals surface area contributed by atoms with Gasteiger partial charge in [0.1, 0.15) is 17.9 Å². The molecule has 0 aliphatic heterocycles. The Balaban J connectivity index is 2.51. The van der Waals surface area contributed by atoms with Crippen LogP contribution in [0.25, 0.3) is 11.2 Å². The Labute approximate surface area is 104 Å². The SMILES string of the molecule is COCc1nc2cc(Cl)cnc2n1CCC#N. The molecule has 2 aromatic rings. The molecule has 5 nitrogen and oxygen atoms in total. The largest absolute Gasteiger partial charge is 0.377 e. The third-order valence-corrected chi connectivity index (χ3v) is 2.56. The lowest BCUT2D eigenvalue weighted by molar-refractivity contribution is 0.174. The van der Waals surface area contributed by atoms with Crippen molar-refractivity contribution >= 4 is 22.8 Å². The van der Waals surface area contributed by atoms with Gasteiger partial charge in [0.15, 0.2) is 5.65 Å². The van der Waals surface area contributed by atoms with Crippen LogP contribution in [0.4, 0.5) is 0 Å². The van der Waals surface area contributed by atoms with Gasteiger partial charge >= 0.3 is 0 Å². The van der Waals surface area contributed by atoms with E-state index in [1.807, 2.05) is 4.57 Å². The number of hydrogen-bond donors (Lipinski definition) is 0. The van der Waals surface area contributed by atoms with E-state index in [4.69, 9.17) is 21.6 Å². The number of hydrogen-bond acceptors (Lipinski definition) is 4. The van der Waals surface area contributed by atoms with E-state index in [0.29, 0.717) is 24.6 Å². The first-order chi connectivity index (χ1) is 8.26. The molecule has 0 bridgehead atoms. The zero-order valence-electron chi connectivity index (χ0n) is 9.35. The standard InChI is InChI=1S/C11H11ClN4O/c1-17-7-10-15-9-5-8(12)6-14-11(9)16(10)4-2-3-13/h5-6H,2,4,7H2,1H3. The highest BCUT2D eigenvalue weighted by atomic mass is 35.5. The fraction of sp³-hybridized carbons (Fsp3) is 0.364. The van der Waals surface area contributed by atoms with Crippen molar-refractivity contribution < 1.29 is 4.74 Å².